The number of amides is 1. The lowest BCUT2D eigenvalue weighted by Crippen LogP contribution is -2.42. The Kier molecular flexibility index (Phi) is 6.87. The first-order chi connectivity index (χ1) is 15.9. The van der Waals surface area contributed by atoms with Gasteiger partial charge in [0.2, 0.25) is 5.91 Å². The summed E-state index contributed by atoms with van der Waals surface area (Å²) in [4.78, 5) is 15.2. The first-order valence-corrected chi connectivity index (χ1v) is 11.9. The van der Waals surface area contributed by atoms with Gasteiger partial charge < -0.3 is 14.1 Å². The van der Waals surface area contributed by atoms with Crippen molar-refractivity contribution in [1.82, 2.24) is 4.90 Å². The molecule has 1 aliphatic heterocycles. The van der Waals surface area contributed by atoms with Crippen LogP contribution in [0.3, 0.4) is 0 Å². The SMILES string of the molecule is CCOc1c(/C(C)=C/C(=O)N2CCCCC2CC)cc2c(-c3ccc(F)cc3)coc2c1C. The maximum absolute atomic E-state index is 13.5. The fourth-order valence-electron chi connectivity index (χ4n) is 4.85. The van der Waals surface area contributed by atoms with E-state index in [1.54, 1.807) is 24.5 Å². The number of aryl methyl sites for hydroxylation is 1. The predicted octanol–water partition coefficient (Wildman–Crippen LogP) is 7.14. The van der Waals surface area contributed by atoms with Crippen LogP contribution >= 0.6 is 0 Å². The highest BCUT2D eigenvalue weighted by Gasteiger charge is 2.25. The zero-order valence-corrected chi connectivity index (χ0v) is 19.9. The Bertz CT molecular complexity index is 1180. The normalized spacial score (nSPS) is 16.9. The molecule has 1 saturated heterocycles. The highest BCUT2D eigenvalue weighted by atomic mass is 19.1. The van der Waals surface area contributed by atoms with Crippen LogP contribution in [0.5, 0.6) is 5.75 Å². The van der Waals surface area contributed by atoms with Crippen molar-refractivity contribution in [2.75, 3.05) is 13.2 Å². The summed E-state index contributed by atoms with van der Waals surface area (Å²) in [5, 5.41) is 0.919. The van der Waals surface area contributed by atoms with E-state index in [0.717, 1.165) is 70.4 Å². The number of hydrogen-bond donors (Lipinski definition) is 0. The Morgan fingerprint density at radius 1 is 1.24 bits per heavy atom. The van der Waals surface area contributed by atoms with Crippen LogP contribution in [0.15, 0.2) is 47.1 Å². The molecular weight excluding hydrogens is 417 g/mol. The van der Waals surface area contributed by atoms with Gasteiger partial charge in [-0.25, -0.2) is 4.39 Å². The average molecular weight is 450 g/mol. The Morgan fingerprint density at radius 3 is 2.70 bits per heavy atom. The van der Waals surface area contributed by atoms with Crippen molar-refractivity contribution in [1.29, 1.82) is 0 Å². The number of piperidine rings is 1. The van der Waals surface area contributed by atoms with Gasteiger partial charge in [-0.2, -0.15) is 0 Å². The smallest absolute Gasteiger partial charge is 0.247 e. The van der Waals surface area contributed by atoms with E-state index in [1.807, 2.05) is 31.7 Å². The summed E-state index contributed by atoms with van der Waals surface area (Å²) in [6.45, 7) is 9.35. The lowest BCUT2D eigenvalue weighted by Gasteiger charge is -2.34. The molecule has 5 heteroatoms. The van der Waals surface area contributed by atoms with Crippen LogP contribution in [0.2, 0.25) is 0 Å². The number of furan rings is 1. The summed E-state index contributed by atoms with van der Waals surface area (Å²) in [5.41, 5.74) is 5.13. The number of rotatable bonds is 6. The first kappa shape index (κ1) is 23.1. The molecule has 3 aromatic rings. The van der Waals surface area contributed by atoms with E-state index in [1.165, 1.54) is 18.6 Å². The second-order valence-corrected chi connectivity index (χ2v) is 8.76. The van der Waals surface area contributed by atoms with E-state index in [0.29, 0.717) is 12.6 Å². The fourth-order valence-corrected chi connectivity index (χ4v) is 4.85. The van der Waals surface area contributed by atoms with Gasteiger partial charge in [-0.1, -0.05) is 19.1 Å². The van der Waals surface area contributed by atoms with Crippen molar-refractivity contribution in [2.24, 2.45) is 0 Å². The predicted molar refractivity (Wildman–Crippen MR) is 131 cm³/mol. The van der Waals surface area contributed by atoms with E-state index in [9.17, 15) is 9.18 Å². The van der Waals surface area contributed by atoms with Crippen molar-refractivity contribution >= 4 is 22.4 Å². The molecule has 0 bridgehead atoms. The molecule has 0 radical (unpaired) electrons. The summed E-state index contributed by atoms with van der Waals surface area (Å²) in [5.74, 6) is 0.518. The van der Waals surface area contributed by atoms with Crippen molar-refractivity contribution in [3.63, 3.8) is 0 Å². The number of halogens is 1. The van der Waals surface area contributed by atoms with Crippen molar-refractivity contribution in [3.05, 3.63) is 59.6 Å². The Balaban J connectivity index is 1.80. The van der Waals surface area contributed by atoms with Crippen molar-refractivity contribution in [2.45, 2.75) is 59.4 Å². The number of likely N-dealkylation sites (tertiary alicyclic amines) is 1. The number of benzene rings is 2. The van der Waals surface area contributed by atoms with Crippen LogP contribution in [-0.4, -0.2) is 30.0 Å². The first-order valence-electron chi connectivity index (χ1n) is 11.9. The number of allylic oxidation sites excluding steroid dienone is 1. The van der Waals surface area contributed by atoms with Gasteiger partial charge in [-0.15, -0.1) is 0 Å². The van der Waals surface area contributed by atoms with E-state index >= 15 is 0 Å². The molecule has 4 rings (SSSR count). The van der Waals surface area contributed by atoms with E-state index < -0.39 is 0 Å². The molecule has 0 saturated carbocycles. The molecule has 0 aliphatic carbocycles. The third kappa shape index (κ3) is 4.54. The second kappa shape index (κ2) is 9.82. The topological polar surface area (TPSA) is 42.7 Å². The minimum absolute atomic E-state index is 0.0604. The Hall–Kier alpha value is -3.08. The molecule has 33 heavy (non-hydrogen) atoms. The lowest BCUT2D eigenvalue weighted by atomic mass is 9.95. The quantitative estimate of drug-likeness (QED) is 0.376. The average Bonchev–Trinajstić information content (AvgIpc) is 3.25. The van der Waals surface area contributed by atoms with Crippen LogP contribution in [0.25, 0.3) is 27.7 Å². The molecule has 1 fully saturated rings. The standard InChI is InChI=1S/C28H32FNO3/c1-5-22-9-7-8-14-30(22)26(31)15-18(3)23-16-24-25(20-10-12-21(29)13-11-20)17-33-28(24)19(4)27(23)32-6-2/h10-13,15-17,22H,5-9,14H2,1-4H3/b18-15+. The van der Waals surface area contributed by atoms with E-state index in [2.05, 4.69) is 6.92 Å². The van der Waals surface area contributed by atoms with Crippen LogP contribution in [-0.2, 0) is 4.79 Å². The van der Waals surface area contributed by atoms with Crippen LogP contribution in [0.1, 0.15) is 57.6 Å². The van der Waals surface area contributed by atoms with Gasteiger partial charge in [0.1, 0.15) is 17.1 Å². The van der Waals surface area contributed by atoms with Gasteiger partial charge in [0.25, 0.3) is 0 Å². The number of nitrogens with zero attached hydrogens (tertiary/aromatic N) is 1. The maximum Gasteiger partial charge on any atom is 0.247 e. The summed E-state index contributed by atoms with van der Waals surface area (Å²) >= 11 is 0. The number of carbonyl (C=O) groups excluding carboxylic acids is 1. The van der Waals surface area contributed by atoms with Crippen LogP contribution in [0.4, 0.5) is 4.39 Å². The molecule has 1 aromatic heterocycles. The van der Waals surface area contributed by atoms with Gasteiger partial charge in [0.05, 0.1) is 12.9 Å². The molecular formula is C28H32FNO3. The number of hydrogen-bond acceptors (Lipinski definition) is 3. The lowest BCUT2D eigenvalue weighted by molar-refractivity contribution is -0.129. The maximum atomic E-state index is 13.5. The zero-order chi connectivity index (χ0) is 23.5. The summed E-state index contributed by atoms with van der Waals surface area (Å²) in [6.07, 6.45) is 7.73. The van der Waals surface area contributed by atoms with Gasteiger partial charge in [0, 0.05) is 40.7 Å². The number of ether oxygens (including phenoxy) is 1. The molecule has 1 unspecified atom stereocenters. The molecule has 1 amide bonds. The van der Waals surface area contributed by atoms with Gasteiger partial charge in [-0.05, 0) is 75.8 Å². The van der Waals surface area contributed by atoms with Crippen molar-refractivity contribution in [3.8, 4) is 16.9 Å². The second-order valence-electron chi connectivity index (χ2n) is 8.76. The van der Waals surface area contributed by atoms with Gasteiger partial charge in [-0.3, -0.25) is 4.79 Å². The van der Waals surface area contributed by atoms with E-state index in [4.69, 9.17) is 9.15 Å². The molecule has 1 atom stereocenters. The Morgan fingerprint density at radius 2 is 2.00 bits per heavy atom. The fraction of sp³-hybridized carbons (Fsp3) is 0.393. The molecule has 2 aromatic carbocycles. The molecule has 174 valence electrons. The van der Waals surface area contributed by atoms with E-state index in [-0.39, 0.29) is 11.7 Å². The number of fused-ring (bicyclic) bond motifs is 1. The summed E-state index contributed by atoms with van der Waals surface area (Å²) in [6, 6.07) is 8.73. The van der Waals surface area contributed by atoms with Gasteiger partial charge in [0.15, 0.2) is 0 Å². The molecule has 2 heterocycles. The number of carbonyl (C=O) groups is 1. The van der Waals surface area contributed by atoms with Crippen LogP contribution in [0, 0.1) is 12.7 Å². The third-order valence-corrected chi connectivity index (χ3v) is 6.63. The molecule has 4 nitrogen and oxygen atoms in total. The minimum atomic E-state index is -0.276. The van der Waals surface area contributed by atoms with Crippen molar-refractivity contribution < 1.29 is 18.3 Å². The minimum Gasteiger partial charge on any atom is -0.493 e. The molecule has 1 aliphatic rings. The van der Waals surface area contributed by atoms with Crippen LogP contribution < -0.4 is 4.74 Å². The molecule has 0 spiro atoms. The molecule has 0 N–H and O–H groups in total. The van der Waals surface area contributed by atoms with Gasteiger partial charge >= 0.3 is 0 Å². The highest BCUT2D eigenvalue weighted by molar-refractivity contribution is 6.01. The zero-order valence-electron chi connectivity index (χ0n) is 19.9. The third-order valence-electron chi connectivity index (χ3n) is 6.63. The Labute approximate surface area is 195 Å². The monoisotopic (exact) mass is 449 g/mol. The highest BCUT2D eigenvalue weighted by Crippen LogP contribution is 2.41. The summed E-state index contributed by atoms with van der Waals surface area (Å²) in [7, 11) is 0. The largest absolute Gasteiger partial charge is 0.493 e. The summed E-state index contributed by atoms with van der Waals surface area (Å²) < 4.78 is 25.4.